The molecule has 1 aliphatic carbocycles. The first-order chi connectivity index (χ1) is 30.5. The van der Waals surface area contributed by atoms with Crippen LogP contribution in [0.4, 0.5) is 17.1 Å². The summed E-state index contributed by atoms with van der Waals surface area (Å²) in [6.07, 6.45) is 13.1. The molecule has 0 fully saturated rings. The summed E-state index contributed by atoms with van der Waals surface area (Å²) in [7, 11) is 0. The molecule has 64 heavy (non-hydrogen) atoms. The van der Waals surface area contributed by atoms with E-state index in [1.807, 2.05) is 74.5 Å². The van der Waals surface area contributed by atoms with Crippen molar-refractivity contribution < 1.29 is 19.4 Å². The van der Waals surface area contributed by atoms with Gasteiger partial charge in [0.25, 0.3) is 0 Å². The van der Waals surface area contributed by atoms with Crippen molar-refractivity contribution in [2.75, 3.05) is 29.1 Å². The van der Waals surface area contributed by atoms with Crippen LogP contribution >= 0.6 is 0 Å². The average Bonchev–Trinajstić information content (AvgIpc) is 3.65. The summed E-state index contributed by atoms with van der Waals surface area (Å²) in [6, 6.07) is 29.7. The zero-order valence-corrected chi connectivity index (χ0v) is 38.2. The second-order valence-corrected chi connectivity index (χ2v) is 18.8. The molecule has 2 heterocycles. The molecule has 3 aromatic carbocycles. The van der Waals surface area contributed by atoms with Gasteiger partial charge in [-0.15, -0.1) is 0 Å². The molecular weight excluding hydrogens is 797 g/mol. The lowest BCUT2D eigenvalue weighted by Crippen LogP contribution is -2.28. The summed E-state index contributed by atoms with van der Waals surface area (Å²) in [5.74, 6) is 1.60. The van der Waals surface area contributed by atoms with Crippen molar-refractivity contribution in [2.45, 2.75) is 104 Å². The Labute approximate surface area is 379 Å². The minimum Gasteiger partial charge on any atom is -0.480 e. The Hall–Kier alpha value is -6.80. The maximum atomic E-state index is 12.9. The number of fused-ring (bicyclic) bond motifs is 1. The van der Waals surface area contributed by atoms with Crippen LogP contribution < -0.4 is 20.7 Å². The number of rotatable bonds is 14. The van der Waals surface area contributed by atoms with E-state index in [1.165, 1.54) is 5.56 Å². The van der Waals surface area contributed by atoms with E-state index in [9.17, 15) is 25.7 Å². The molecule has 2 aliphatic heterocycles. The highest BCUT2D eigenvalue weighted by molar-refractivity contribution is 5.90. The van der Waals surface area contributed by atoms with Gasteiger partial charge in [0.05, 0.1) is 0 Å². The Balaban J connectivity index is 1.42. The quantitative estimate of drug-likeness (QED) is 0.0811. The van der Waals surface area contributed by atoms with Crippen molar-refractivity contribution in [1.29, 1.82) is 15.8 Å². The van der Waals surface area contributed by atoms with Gasteiger partial charge in [-0.25, -0.2) is 0 Å². The first-order valence-corrected chi connectivity index (χ1v) is 22.1. The number of hydrogen-bond acceptors (Lipinski definition) is 9. The summed E-state index contributed by atoms with van der Waals surface area (Å²) < 4.78 is 13.0. The molecule has 0 bridgehead atoms. The Kier molecular flexibility index (Phi) is 14.4. The highest BCUT2D eigenvalue weighted by Crippen LogP contribution is 2.49. The number of ether oxygens (including phenoxy) is 2. The number of amides is 1. The van der Waals surface area contributed by atoms with E-state index in [-0.39, 0.29) is 46.2 Å². The van der Waals surface area contributed by atoms with Crippen molar-refractivity contribution in [3.05, 3.63) is 153 Å². The fraction of sp³-hybridized carbons (Fsp3) is 0.370. The molecular formula is C54H60N6O4. The molecule has 0 saturated carbocycles. The van der Waals surface area contributed by atoms with Crippen LogP contribution in [-0.2, 0) is 21.4 Å². The predicted molar refractivity (Wildman–Crippen MR) is 253 cm³/mol. The number of para-hydroxylation sites is 1. The molecule has 4 N–H and O–H groups in total. The number of aliphatic hydroxyl groups is 1. The number of aliphatic hydroxyl groups excluding tert-OH is 1. The highest BCUT2D eigenvalue weighted by atomic mass is 16.5. The zero-order valence-electron chi connectivity index (χ0n) is 38.2. The van der Waals surface area contributed by atoms with E-state index in [0.717, 1.165) is 65.3 Å². The van der Waals surface area contributed by atoms with E-state index < -0.39 is 5.60 Å². The van der Waals surface area contributed by atoms with E-state index in [2.05, 4.69) is 87.3 Å². The molecule has 330 valence electrons. The van der Waals surface area contributed by atoms with Gasteiger partial charge in [0.2, 0.25) is 5.91 Å². The van der Waals surface area contributed by atoms with Gasteiger partial charge in [-0.2, -0.15) is 15.8 Å². The van der Waals surface area contributed by atoms with Crippen LogP contribution in [-0.4, -0.2) is 29.8 Å². The summed E-state index contributed by atoms with van der Waals surface area (Å²) in [5, 5.41) is 42.1. The van der Waals surface area contributed by atoms with Gasteiger partial charge in [-0.3, -0.25) is 4.79 Å². The number of benzene rings is 3. The summed E-state index contributed by atoms with van der Waals surface area (Å²) in [4.78, 5) is 15.3. The maximum absolute atomic E-state index is 12.9. The molecule has 0 spiro atoms. The molecule has 1 atom stereocenters. The zero-order chi connectivity index (χ0) is 46.2. The second-order valence-electron chi connectivity index (χ2n) is 18.8. The number of hydrogen-bond donors (Lipinski definition) is 3. The Bertz CT molecular complexity index is 2540. The van der Waals surface area contributed by atoms with Crippen molar-refractivity contribution >= 4 is 23.0 Å². The van der Waals surface area contributed by atoms with E-state index in [0.29, 0.717) is 42.7 Å². The number of aryl methyl sites for hydroxylation is 1. The van der Waals surface area contributed by atoms with Crippen LogP contribution in [0.1, 0.15) is 98.1 Å². The average molecular weight is 857 g/mol. The minimum absolute atomic E-state index is 0.00141. The molecule has 10 nitrogen and oxygen atoms in total. The van der Waals surface area contributed by atoms with Crippen LogP contribution in [0.15, 0.2) is 142 Å². The van der Waals surface area contributed by atoms with Gasteiger partial charge in [-0.1, -0.05) is 83.2 Å². The number of carbonyl (C=O) groups excluding carboxylic acids is 1. The highest BCUT2D eigenvalue weighted by Gasteiger charge is 2.41. The summed E-state index contributed by atoms with van der Waals surface area (Å²) >= 11 is 0. The Morgan fingerprint density at radius 3 is 2.30 bits per heavy atom. The molecule has 10 heteroatoms. The molecule has 1 amide bonds. The van der Waals surface area contributed by atoms with Gasteiger partial charge in [-0.05, 0) is 135 Å². The van der Waals surface area contributed by atoms with Gasteiger partial charge in [0.1, 0.15) is 40.9 Å². The number of allylic oxidation sites excluding steroid dienone is 8. The summed E-state index contributed by atoms with van der Waals surface area (Å²) in [6.45, 7) is 15.8. The standard InChI is InChI=1S/C54H60N6O4/c1-52(2,3)40-31-37(19-27-45-44(35-57)51(39(33-55)34-56)64-54(45,6)7)50(63-43-25-17-36(18-26-43)13-12-30-61)38(32-40)20-28-48-53(4,5)46-14-8-9-15-47(46)60(48)29-11-10-16-49(62)59-42-23-21-41(58)22-24-42/h8-9,14-15,17-28,40,61H,10-13,16,29-32,58H2,1-7H3,(H,59,62)/b27-19+,38-20+,48-28+. The van der Waals surface area contributed by atoms with E-state index in [4.69, 9.17) is 15.2 Å². The van der Waals surface area contributed by atoms with Crippen molar-refractivity contribution in [2.24, 2.45) is 11.3 Å². The van der Waals surface area contributed by atoms with Crippen LogP contribution in [0.3, 0.4) is 0 Å². The molecule has 3 aromatic rings. The van der Waals surface area contributed by atoms with E-state index in [1.54, 1.807) is 12.1 Å². The fourth-order valence-electron chi connectivity index (χ4n) is 8.72. The lowest BCUT2D eigenvalue weighted by Gasteiger charge is -2.36. The first-order valence-electron chi connectivity index (χ1n) is 22.1. The predicted octanol–water partition coefficient (Wildman–Crippen LogP) is 11.2. The first kappa shape index (κ1) is 46.7. The van der Waals surface area contributed by atoms with Gasteiger partial charge < -0.3 is 30.5 Å². The number of nitrogens with two attached hydrogens (primary N) is 1. The molecule has 0 aromatic heterocycles. The number of nitrogens with one attached hydrogen (secondary N) is 1. The van der Waals surface area contributed by atoms with Crippen LogP contribution in [0, 0.1) is 45.3 Å². The van der Waals surface area contributed by atoms with Crippen molar-refractivity contribution in [1.82, 2.24) is 0 Å². The minimum atomic E-state index is -0.976. The lowest BCUT2D eigenvalue weighted by molar-refractivity contribution is -0.116. The third-order valence-corrected chi connectivity index (χ3v) is 12.5. The number of nitrogen functional groups attached to an aromatic ring is 1. The number of unbranched alkanes of at least 4 members (excludes halogenated alkanes) is 1. The van der Waals surface area contributed by atoms with Crippen molar-refractivity contribution in [3.63, 3.8) is 0 Å². The van der Waals surface area contributed by atoms with Crippen LogP contribution in [0.5, 0.6) is 5.75 Å². The maximum Gasteiger partial charge on any atom is 0.224 e. The normalized spacial score (nSPS) is 19.0. The van der Waals surface area contributed by atoms with Gasteiger partial charge >= 0.3 is 0 Å². The topological polar surface area (TPSA) is 168 Å². The third-order valence-electron chi connectivity index (χ3n) is 12.5. The largest absolute Gasteiger partial charge is 0.480 e. The third kappa shape index (κ3) is 10.5. The Morgan fingerprint density at radius 2 is 1.64 bits per heavy atom. The Morgan fingerprint density at radius 1 is 0.938 bits per heavy atom. The molecule has 1 unspecified atom stereocenters. The SMILES string of the molecule is CC1(C)OC(=C(C#N)C#N)C(C#N)=C1/C=C/C1=C(Oc2ccc(CCCO)cc2)C(=C/C=C2/N(CCCCC(=O)Nc3ccc(N)cc3)c3ccccc3C2(C)C)/CC(C(C)(C)C)C1. The number of nitrogens with zero attached hydrogens (tertiary/aromatic N) is 4. The molecule has 0 saturated heterocycles. The second kappa shape index (κ2) is 19.7. The van der Waals surface area contributed by atoms with Crippen LogP contribution in [0.2, 0.25) is 0 Å². The molecule has 3 aliphatic rings. The lowest BCUT2D eigenvalue weighted by atomic mass is 9.70. The number of anilines is 3. The number of carbonyl (C=O) groups is 1. The van der Waals surface area contributed by atoms with E-state index >= 15 is 0 Å². The monoisotopic (exact) mass is 856 g/mol. The van der Waals surface area contributed by atoms with Gasteiger partial charge in [0, 0.05) is 53.3 Å². The molecule has 6 rings (SSSR count). The van der Waals surface area contributed by atoms with Crippen molar-refractivity contribution in [3.8, 4) is 24.0 Å². The van der Waals surface area contributed by atoms with Crippen LogP contribution in [0.25, 0.3) is 0 Å². The molecule has 0 radical (unpaired) electrons. The number of nitriles is 3. The fourth-order valence-corrected chi connectivity index (χ4v) is 8.72. The van der Waals surface area contributed by atoms with Gasteiger partial charge in [0.15, 0.2) is 11.3 Å². The smallest absolute Gasteiger partial charge is 0.224 e. The summed E-state index contributed by atoms with van der Waals surface area (Å²) in [5.41, 5.74) is 12.9.